The van der Waals surface area contributed by atoms with E-state index in [1.54, 1.807) is 0 Å². The van der Waals surface area contributed by atoms with Gasteiger partial charge in [-0.15, -0.1) is 0 Å². The van der Waals surface area contributed by atoms with Crippen molar-refractivity contribution in [1.29, 1.82) is 0 Å². The summed E-state index contributed by atoms with van der Waals surface area (Å²) in [7, 11) is 0. The summed E-state index contributed by atoms with van der Waals surface area (Å²) < 4.78 is 0. The summed E-state index contributed by atoms with van der Waals surface area (Å²) in [6.07, 6.45) is 8.83. The van der Waals surface area contributed by atoms with Crippen molar-refractivity contribution < 1.29 is 5.11 Å². The summed E-state index contributed by atoms with van der Waals surface area (Å²) in [5.41, 5.74) is 12.7. The maximum Gasteiger partial charge on any atom is 0.0705 e. The monoisotopic (exact) mass is 400 g/mol. The Balaban J connectivity index is 1.22. The van der Waals surface area contributed by atoms with Crippen molar-refractivity contribution in [3.8, 4) is 0 Å². The molecular weight excluding hydrogens is 368 g/mol. The third kappa shape index (κ3) is 4.01. The lowest BCUT2D eigenvalue weighted by atomic mass is 9.79. The van der Waals surface area contributed by atoms with E-state index in [0.717, 1.165) is 37.1 Å². The molecule has 2 aromatic carbocycles. The van der Waals surface area contributed by atoms with Gasteiger partial charge in [-0.2, -0.15) is 0 Å². The summed E-state index contributed by atoms with van der Waals surface area (Å²) in [4.78, 5) is 4.85. The van der Waals surface area contributed by atoms with E-state index >= 15 is 0 Å². The minimum atomic E-state index is -0.373. The van der Waals surface area contributed by atoms with Crippen LogP contribution in [0.25, 0.3) is 10.9 Å². The first-order valence-corrected chi connectivity index (χ1v) is 11.5. The van der Waals surface area contributed by atoms with Gasteiger partial charge >= 0.3 is 0 Å². The zero-order chi connectivity index (χ0) is 20.6. The summed E-state index contributed by atoms with van der Waals surface area (Å²) in [5.74, 6) is 1.25. The number of aliphatic hydroxyl groups excluding tert-OH is 1. The highest BCUT2D eigenvalue weighted by Crippen LogP contribution is 2.40. The molecule has 3 aromatic rings. The molecule has 1 heterocycles. The normalized spacial score (nSPS) is 26.1. The summed E-state index contributed by atoms with van der Waals surface area (Å²) >= 11 is 0. The number of para-hydroxylation sites is 1. The average Bonchev–Trinajstić information content (AvgIpc) is 3.20. The lowest BCUT2D eigenvalue weighted by molar-refractivity contribution is 0.198. The second-order valence-electron chi connectivity index (χ2n) is 9.63. The molecule has 0 radical (unpaired) electrons. The predicted octanol–water partition coefficient (Wildman–Crippen LogP) is 4.93. The zero-order valence-corrected chi connectivity index (χ0v) is 17.7. The number of hydrogen-bond donors (Lipinski definition) is 2. The number of aliphatic hydroxyl groups is 1. The van der Waals surface area contributed by atoms with Gasteiger partial charge in [-0.25, -0.2) is 0 Å². The molecule has 0 bridgehead atoms. The molecule has 5 rings (SSSR count). The topological polar surface area (TPSA) is 59.1 Å². The number of aryl methyl sites for hydroxylation is 2. The van der Waals surface area contributed by atoms with Crippen LogP contribution in [0.2, 0.25) is 0 Å². The maximum atomic E-state index is 9.57. The molecule has 30 heavy (non-hydrogen) atoms. The number of benzene rings is 2. The van der Waals surface area contributed by atoms with Crippen LogP contribution < -0.4 is 5.73 Å². The maximum absolute atomic E-state index is 9.57. The van der Waals surface area contributed by atoms with Crippen molar-refractivity contribution in [3.05, 3.63) is 77.0 Å². The van der Waals surface area contributed by atoms with E-state index in [2.05, 4.69) is 54.6 Å². The molecule has 3 atom stereocenters. The van der Waals surface area contributed by atoms with Crippen molar-refractivity contribution in [2.75, 3.05) is 6.61 Å². The van der Waals surface area contributed by atoms with Crippen molar-refractivity contribution in [3.63, 3.8) is 0 Å². The number of hydrogen-bond acceptors (Lipinski definition) is 3. The van der Waals surface area contributed by atoms with Gasteiger partial charge in [0.15, 0.2) is 0 Å². The lowest BCUT2D eigenvalue weighted by Crippen LogP contribution is -2.40. The molecule has 2 aliphatic carbocycles. The SMILES string of the molecule is N[C@]1(CO)CC[C@H](c2ccc3c(c2)CCC(CCc2ccc4ccccc4n2)C3)C1. The van der Waals surface area contributed by atoms with Crippen molar-refractivity contribution in [2.45, 2.75) is 62.8 Å². The number of nitrogens with zero attached hydrogens (tertiary/aromatic N) is 1. The molecule has 0 spiro atoms. The van der Waals surface area contributed by atoms with Crippen molar-refractivity contribution >= 4 is 10.9 Å². The van der Waals surface area contributed by atoms with Gasteiger partial charge in [-0.1, -0.05) is 42.5 Å². The highest BCUT2D eigenvalue weighted by molar-refractivity contribution is 5.78. The Bertz CT molecular complexity index is 1050. The standard InChI is InChI=1S/C27H32N2O/c28-27(18-30)14-13-24(17-27)23-9-8-21-15-19(5-7-22(21)16-23)6-11-25-12-10-20-3-1-2-4-26(20)29-25/h1-4,8-10,12,16,19,24,30H,5-7,11,13-15,17-18,28H2/t19?,24-,27+/m0/s1. The third-order valence-electron chi connectivity index (χ3n) is 7.46. The van der Waals surface area contributed by atoms with Gasteiger partial charge in [-0.3, -0.25) is 4.98 Å². The average molecular weight is 401 g/mol. The van der Waals surface area contributed by atoms with E-state index in [0.29, 0.717) is 5.92 Å². The second-order valence-corrected chi connectivity index (χ2v) is 9.63. The highest BCUT2D eigenvalue weighted by Gasteiger charge is 2.36. The van der Waals surface area contributed by atoms with Crippen molar-refractivity contribution in [2.24, 2.45) is 11.7 Å². The van der Waals surface area contributed by atoms with E-state index in [-0.39, 0.29) is 12.1 Å². The fraction of sp³-hybridized carbons (Fsp3) is 0.444. The summed E-state index contributed by atoms with van der Waals surface area (Å²) in [6.45, 7) is 0.0994. The Morgan fingerprint density at radius 2 is 1.93 bits per heavy atom. The van der Waals surface area contributed by atoms with Crippen LogP contribution in [-0.4, -0.2) is 22.2 Å². The van der Waals surface area contributed by atoms with Crippen LogP contribution in [0.1, 0.15) is 60.4 Å². The fourth-order valence-electron chi connectivity index (χ4n) is 5.53. The van der Waals surface area contributed by atoms with Crippen molar-refractivity contribution in [1.82, 2.24) is 4.98 Å². The Labute approximate surface area is 179 Å². The smallest absolute Gasteiger partial charge is 0.0705 e. The molecule has 0 saturated heterocycles. The fourth-order valence-corrected chi connectivity index (χ4v) is 5.53. The lowest BCUT2D eigenvalue weighted by Gasteiger charge is -2.26. The number of nitrogens with two attached hydrogens (primary N) is 1. The first-order valence-electron chi connectivity index (χ1n) is 11.5. The number of fused-ring (bicyclic) bond motifs is 2. The van der Waals surface area contributed by atoms with Gasteiger partial charge < -0.3 is 10.8 Å². The van der Waals surface area contributed by atoms with E-state index in [1.165, 1.54) is 53.5 Å². The third-order valence-corrected chi connectivity index (χ3v) is 7.46. The largest absolute Gasteiger partial charge is 0.394 e. The van der Waals surface area contributed by atoms with Crippen LogP contribution in [0.4, 0.5) is 0 Å². The summed E-state index contributed by atoms with van der Waals surface area (Å²) in [5, 5.41) is 10.8. The van der Waals surface area contributed by atoms with E-state index in [9.17, 15) is 5.11 Å². The Morgan fingerprint density at radius 3 is 2.80 bits per heavy atom. The molecule has 3 N–H and O–H groups in total. The van der Waals surface area contributed by atoms with Gasteiger partial charge in [0.1, 0.15) is 0 Å². The molecule has 0 aliphatic heterocycles. The van der Waals surface area contributed by atoms with Crippen LogP contribution >= 0.6 is 0 Å². The molecular formula is C27H32N2O. The molecule has 1 fully saturated rings. The van der Waals surface area contributed by atoms with Gasteiger partial charge in [-0.05, 0) is 92.0 Å². The molecule has 1 saturated carbocycles. The number of aromatic nitrogens is 1. The van der Waals surface area contributed by atoms with Crippen LogP contribution in [0.3, 0.4) is 0 Å². The first-order chi connectivity index (χ1) is 14.6. The Kier molecular flexibility index (Phi) is 5.34. The summed E-state index contributed by atoms with van der Waals surface area (Å²) in [6, 6.07) is 19.9. The molecule has 1 aromatic heterocycles. The van der Waals surface area contributed by atoms with Crippen LogP contribution in [0, 0.1) is 5.92 Å². The molecule has 2 aliphatic rings. The predicted molar refractivity (Wildman–Crippen MR) is 123 cm³/mol. The molecule has 1 unspecified atom stereocenters. The van der Waals surface area contributed by atoms with Gasteiger partial charge in [0, 0.05) is 16.6 Å². The van der Waals surface area contributed by atoms with Gasteiger partial charge in [0.2, 0.25) is 0 Å². The van der Waals surface area contributed by atoms with E-state index < -0.39 is 0 Å². The molecule has 156 valence electrons. The second kappa shape index (κ2) is 8.13. The van der Waals surface area contributed by atoms with E-state index in [1.807, 2.05) is 0 Å². The zero-order valence-electron chi connectivity index (χ0n) is 17.7. The Hall–Kier alpha value is -2.23. The van der Waals surface area contributed by atoms with Crippen LogP contribution in [0.15, 0.2) is 54.6 Å². The minimum Gasteiger partial charge on any atom is -0.394 e. The highest BCUT2D eigenvalue weighted by atomic mass is 16.3. The quantitative estimate of drug-likeness (QED) is 0.638. The number of rotatable bonds is 5. The van der Waals surface area contributed by atoms with E-state index in [4.69, 9.17) is 10.7 Å². The Morgan fingerprint density at radius 1 is 1.03 bits per heavy atom. The van der Waals surface area contributed by atoms with Crippen LogP contribution in [0.5, 0.6) is 0 Å². The molecule has 3 heteroatoms. The first kappa shape index (κ1) is 19.7. The van der Waals surface area contributed by atoms with Crippen LogP contribution in [-0.2, 0) is 19.3 Å². The number of pyridine rings is 1. The molecule has 0 amide bonds. The van der Waals surface area contributed by atoms with Gasteiger partial charge in [0.25, 0.3) is 0 Å². The molecule has 3 nitrogen and oxygen atoms in total. The minimum absolute atomic E-state index is 0.0994. The van der Waals surface area contributed by atoms with Gasteiger partial charge in [0.05, 0.1) is 12.1 Å².